The summed E-state index contributed by atoms with van der Waals surface area (Å²) in [6.45, 7) is 3.94. The maximum Gasteiger partial charge on any atom is 0.126 e. The van der Waals surface area contributed by atoms with Gasteiger partial charge in [-0.25, -0.2) is 4.39 Å². The van der Waals surface area contributed by atoms with Crippen molar-refractivity contribution in [1.29, 1.82) is 0 Å². The highest BCUT2D eigenvalue weighted by Gasteiger charge is 2.18. The molecule has 2 rings (SSSR count). The Morgan fingerprint density at radius 2 is 2.38 bits per heavy atom. The summed E-state index contributed by atoms with van der Waals surface area (Å²) in [6.07, 6.45) is 2.19. The molecule has 88 valence electrons. The molecule has 2 unspecified atom stereocenters. The standard InChI is InChI=1S/C13H19FN2/c1-9-6-11(2-3-12(9)14)13(15)7-10-4-5-16-8-10/h2-3,6,10,13,16H,4-5,7-8,15H2,1H3. The van der Waals surface area contributed by atoms with Gasteiger partial charge in [0.15, 0.2) is 0 Å². The summed E-state index contributed by atoms with van der Waals surface area (Å²) in [6, 6.07) is 5.21. The number of aryl methyl sites for hydroxylation is 1. The Morgan fingerprint density at radius 1 is 1.56 bits per heavy atom. The number of rotatable bonds is 3. The molecule has 0 bridgehead atoms. The lowest BCUT2D eigenvalue weighted by Crippen LogP contribution is -2.17. The number of hydrogen-bond donors (Lipinski definition) is 2. The molecule has 1 fully saturated rings. The molecule has 1 aromatic rings. The fraction of sp³-hybridized carbons (Fsp3) is 0.538. The van der Waals surface area contributed by atoms with E-state index < -0.39 is 0 Å². The van der Waals surface area contributed by atoms with Gasteiger partial charge in [-0.2, -0.15) is 0 Å². The minimum absolute atomic E-state index is 0.0317. The predicted molar refractivity (Wildman–Crippen MR) is 63.7 cm³/mol. The van der Waals surface area contributed by atoms with Gasteiger partial charge in [-0.1, -0.05) is 12.1 Å². The van der Waals surface area contributed by atoms with E-state index in [1.807, 2.05) is 6.07 Å². The molecule has 0 radical (unpaired) electrons. The molecule has 0 aromatic heterocycles. The zero-order valence-electron chi connectivity index (χ0n) is 9.67. The number of halogens is 1. The van der Waals surface area contributed by atoms with Crippen LogP contribution in [0.3, 0.4) is 0 Å². The SMILES string of the molecule is Cc1cc(C(N)CC2CCNC2)ccc1F. The van der Waals surface area contributed by atoms with Gasteiger partial charge in [0.1, 0.15) is 5.82 Å². The zero-order valence-corrected chi connectivity index (χ0v) is 9.67. The van der Waals surface area contributed by atoms with E-state index in [1.165, 1.54) is 12.5 Å². The highest BCUT2D eigenvalue weighted by Crippen LogP contribution is 2.24. The second-order valence-electron chi connectivity index (χ2n) is 4.71. The summed E-state index contributed by atoms with van der Waals surface area (Å²) in [5, 5.41) is 3.33. The van der Waals surface area contributed by atoms with Crippen LogP contribution in [0.2, 0.25) is 0 Å². The van der Waals surface area contributed by atoms with E-state index in [4.69, 9.17) is 5.73 Å². The van der Waals surface area contributed by atoms with Crippen molar-refractivity contribution in [1.82, 2.24) is 5.32 Å². The minimum atomic E-state index is -0.154. The van der Waals surface area contributed by atoms with Crippen molar-refractivity contribution in [3.63, 3.8) is 0 Å². The summed E-state index contributed by atoms with van der Waals surface area (Å²) in [5.74, 6) is 0.513. The van der Waals surface area contributed by atoms with Gasteiger partial charge in [-0.3, -0.25) is 0 Å². The van der Waals surface area contributed by atoms with Gasteiger partial charge >= 0.3 is 0 Å². The van der Waals surface area contributed by atoms with Crippen LogP contribution < -0.4 is 11.1 Å². The highest BCUT2D eigenvalue weighted by atomic mass is 19.1. The topological polar surface area (TPSA) is 38.0 Å². The average molecular weight is 222 g/mol. The van der Waals surface area contributed by atoms with Crippen LogP contribution in [0.1, 0.15) is 30.0 Å². The van der Waals surface area contributed by atoms with E-state index in [1.54, 1.807) is 13.0 Å². The van der Waals surface area contributed by atoms with Crippen molar-refractivity contribution in [2.45, 2.75) is 25.8 Å². The van der Waals surface area contributed by atoms with Gasteiger partial charge in [-0.15, -0.1) is 0 Å². The van der Waals surface area contributed by atoms with Gasteiger partial charge in [0, 0.05) is 6.04 Å². The summed E-state index contributed by atoms with van der Waals surface area (Å²) < 4.78 is 13.1. The lowest BCUT2D eigenvalue weighted by molar-refractivity contribution is 0.472. The molecule has 1 heterocycles. The lowest BCUT2D eigenvalue weighted by atomic mass is 9.94. The molecule has 2 nitrogen and oxygen atoms in total. The Morgan fingerprint density at radius 3 is 3.00 bits per heavy atom. The average Bonchev–Trinajstić information content (AvgIpc) is 2.74. The second-order valence-corrected chi connectivity index (χ2v) is 4.71. The Kier molecular flexibility index (Phi) is 3.56. The molecule has 0 spiro atoms. The second kappa shape index (κ2) is 4.93. The predicted octanol–water partition coefficient (Wildman–Crippen LogP) is 2.13. The van der Waals surface area contributed by atoms with Gasteiger partial charge in [0.25, 0.3) is 0 Å². The van der Waals surface area contributed by atoms with E-state index in [0.29, 0.717) is 11.5 Å². The first-order valence-electron chi connectivity index (χ1n) is 5.89. The molecule has 0 aliphatic carbocycles. The molecule has 1 saturated heterocycles. The van der Waals surface area contributed by atoms with E-state index in [-0.39, 0.29) is 11.9 Å². The Labute approximate surface area is 96.0 Å². The molecule has 1 aliphatic heterocycles. The third-order valence-corrected chi connectivity index (χ3v) is 3.36. The summed E-state index contributed by atoms with van der Waals surface area (Å²) >= 11 is 0. The number of nitrogens with two attached hydrogens (primary N) is 1. The summed E-state index contributed by atoms with van der Waals surface area (Å²) in [5.41, 5.74) is 7.87. The first-order valence-corrected chi connectivity index (χ1v) is 5.89. The van der Waals surface area contributed by atoms with Gasteiger partial charge in [0.2, 0.25) is 0 Å². The van der Waals surface area contributed by atoms with Crippen LogP contribution in [0, 0.1) is 18.7 Å². The third-order valence-electron chi connectivity index (χ3n) is 3.36. The van der Waals surface area contributed by atoms with Crippen LogP contribution in [-0.2, 0) is 0 Å². The minimum Gasteiger partial charge on any atom is -0.324 e. The molecule has 0 saturated carbocycles. The molecular weight excluding hydrogens is 203 g/mol. The van der Waals surface area contributed by atoms with Crippen molar-refractivity contribution in [3.8, 4) is 0 Å². The van der Waals surface area contributed by atoms with E-state index in [0.717, 1.165) is 25.1 Å². The van der Waals surface area contributed by atoms with Crippen molar-refractivity contribution in [2.75, 3.05) is 13.1 Å². The number of hydrogen-bond acceptors (Lipinski definition) is 2. The molecule has 2 atom stereocenters. The first kappa shape index (κ1) is 11.6. The van der Waals surface area contributed by atoms with Crippen LogP contribution in [0.5, 0.6) is 0 Å². The maximum absolute atomic E-state index is 13.1. The Balaban J connectivity index is 2.02. The fourth-order valence-corrected chi connectivity index (χ4v) is 2.31. The monoisotopic (exact) mass is 222 g/mol. The maximum atomic E-state index is 13.1. The highest BCUT2D eigenvalue weighted by molar-refractivity contribution is 5.26. The van der Waals surface area contributed by atoms with Crippen LogP contribution in [-0.4, -0.2) is 13.1 Å². The largest absolute Gasteiger partial charge is 0.324 e. The first-order chi connectivity index (χ1) is 7.66. The van der Waals surface area contributed by atoms with Crippen LogP contribution in [0.25, 0.3) is 0 Å². The van der Waals surface area contributed by atoms with E-state index in [9.17, 15) is 4.39 Å². The van der Waals surface area contributed by atoms with E-state index >= 15 is 0 Å². The van der Waals surface area contributed by atoms with Crippen LogP contribution >= 0.6 is 0 Å². The molecular formula is C13H19FN2. The third kappa shape index (κ3) is 2.60. The number of nitrogens with one attached hydrogen (secondary N) is 1. The summed E-state index contributed by atoms with van der Waals surface area (Å²) in [4.78, 5) is 0. The Hall–Kier alpha value is -0.930. The molecule has 1 aliphatic rings. The quantitative estimate of drug-likeness (QED) is 0.822. The fourth-order valence-electron chi connectivity index (χ4n) is 2.31. The van der Waals surface area contributed by atoms with Crippen molar-refractivity contribution in [2.24, 2.45) is 11.7 Å². The smallest absolute Gasteiger partial charge is 0.126 e. The van der Waals surface area contributed by atoms with Crippen molar-refractivity contribution >= 4 is 0 Å². The van der Waals surface area contributed by atoms with Crippen molar-refractivity contribution < 1.29 is 4.39 Å². The van der Waals surface area contributed by atoms with Crippen molar-refractivity contribution in [3.05, 3.63) is 35.1 Å². The molecule has 16 heavy (non-hydrogen) atoms. The normalized spacial score (nSPS) is 22.3. The molecule has 1 aromatic carbocycles. The number of benzene rings is 1. The van der Waals surface area contributed by atoms with Gasteiger partial charge in [-0.05, 0) is 56.0 Å². The molecule has 3 N–H and O–H groups in total. The lowest BCUT2D eigenvalue weighted by Gasteiger charge is -2.16. The van der Waals surface area contributed by atoms with E-state index in [2.05, 4.69) is 5.32 Å². The zero-order chi connectivity index (χ0) is 11.5. The van der Waals surface area contributed by atoms with Gasteiger partial charge in [0.05, 0.1) is 0 Å². The molecule has 0 amide bonds. The van der Waals surface area contributed by atoms with Crippen LogP contribution in [0.15, 0.2) is 18.2 Å². The summed E-state index contributed by atoms with van der Waals surface area (Å²) in [7, 11) is 0. The van der Waals surface area contributed by atoms with Crippen LogP contribution in [0.4, 0.5) is 4.39 Å². The molecule has 3 heteroatoms. The Bertz CT molecular complexity index is 359. The van der Waals surface area contributed by atoms with Gasteiger partial charge < -0.3 is 11.1 Å².